The van der Waals surface area contributed by atoms with Crippen molar-refractivity contribution in [3.05, 3.63) is 425 Å². The smallest absolute Gasteiger partial charge is 0.0714 e. The molecule has 0 amide bonds. The third kappa shape index (κ3) is 8.35. The van der Waals surface area contributed by atoms with Gasteiger partial charge in [0, 0.05) is 61.4 Å². The van der Waals surface area contributed by atoms with Gasteiger partial charge >= 0.3 is 0 Å². The predicted octanol–water partition coefficient (Wildman–Crippen LogP) is 25.1. The minimum Gasteiger partial charge on any atom is -0.310 e. The Morgan fingerprint density at radius 3 is 0.802 bits per heavy atom. The summed E-state index contributed by atoms with van der Waals surface area (Å²) in [5.41, 5.74) is 33.8. The van der Waals surface area contributed by atoms with E-state index in [0.717, 1.165) is 61.6 Å². The average molecular weight is 1290 g/mol. The van der Waals surface area contributed by atoms with Crippen molar-refractivity contribution in [3.8, 4) is 50.2 Å². The molecule has 0 saturated heterocycles. The van der Waals surface area contributed by atoms with E-state index in [4.69, 9.17) is 0 Å². The lowest BCUT2D eigenvalue weighted by atomic mass is 9.67. The number of nitrogens with zero attached hydrogens (tertiary/aromatic N) is 3. The van der Waals surface area contributed by atoms with Gasteiger partial charge in [0.25, 0.3) is 0 Å². The zero-order valence-electron chi connectivity index (χ0n) is 56.9. The van der Waals surface area contributed by atoms with E-state index in [1.54, 1.807) is 0 Å². The molecule has 15 aromatic carbocycles. The number of anilines is 6. The minimum absolute atomic E-state index is 0.232. The SMILES string of the molecule is CC1(C)c2ccccc2-c2ccc(N(c3ccc4c(c3)C(c3ccccc3)(c3ccccc3)c3ccccc3-4)c3ccc4c(c3)c3cc(N(c5ccc6c(c5)C(C)(C)c5ccccc5-6)c5ccc6c(c5)C(c5ccccc5)(c5ccccc5)c5ccccc5-6)ccc3n4-c3ccccc3)cc21. The molecular weight excluding hydrogens is 1220 g/mol. The van der Waals surface area contributed by atoms with Gasteiger partial charge in [0.15, 0.2) is 0 Å². The van der Waals surface area contributed by atoms with Gasteiger partial charge in [-0.3, -0.25) is 0 Å². The standard InChI is InChI=1S/C98H71N3/c1-95(2)85-42-24-20-38-75(85)79-52-46-71(60-89(79)95)99(73-48-54-81-77-40-22-26-44-87(77)97(91(81)62-73,64-28-10-5-11-29-64)65-30-12-6-13-31-65)69-50-56-93-83(58-69)84-59-70(51-57-94(84)101(93)68-36-18-9-19-37-68)100(72-47-53-80-76-39-21-25-43-86(76)96(3,4)90(80)61-72)74-49-55-82-78-41-23-27-45-88(78)98(92(82)63-74,66-32-14-7-15-33-66)67-34-16-8-17-35-67/h5-63H,1-4H3. The molecule has 0 atom stereocenters. The molecule has 0 saturated carbocycles. The van der Waals surface area contributed by atoms with Gasteiger partial charge in [-0.15, -0.1) is 0 Å². The molecule has 20 rings (SSSR count). The summed E-state index contributed by atoms with van der Waals surface area (Å²) in [5.74, 6) is 0. The van der Waals surface area contributed by atoms with Crippen LogP contribution in [0.25, 0.3) is 72.0 Å². The fraction of sp³-hybridized carbons (Fsp3) is 0.0816. The highest BCUT2D eigenvalue weighted by Gasteiger charge is 2.49. The maximum atomic E-state index is 2.54. The summed E-state index contributed by atoms with van der Waals surface area (Å²) in [6, 6.07) is 135. The van der Waals surface area contributed by atoms with E-state index in [0.29, 0.717) is 0 Å². The van der Waals surface area contributed by atoms with Crippen molar-refractivity contribution in [2.24, 2.45) is 0 Å². The molecule has 0 spiro atoms. The van der Waals surface area contributed by atoms with Crippen LogP contribution in [0, 0.1) is 0 Å². The lowest BCUT2D eigenvalue weighted by Gasteiger charge is -2.35. The quantitative estimate of drug-likeness (QED) is 0.128. The second-order valence-electron chi connectivity index (χ2n) is 29.1. The van der Waals surface area contributed by atoms with Gasteiger partial charge in [0.2, 0.25) is 0 Å². The van der Waals surface area contributed by atoms with E-state index in [1.165, 1.54) is 111 Å². The van der Waals surface area contributed by atoms with Gasteiger partial charge in [-0.05, 0) is 208 Å². The van der Waals surface area contributed by atoms with Crippen LogP contribution in [0.5, 0.6) is 0 Å². The van der Waals surface area contributed by atoms with Crippen LogP contribution in [0.4, 0.5) is 34.1 Å². The van der Waals surface area contributed by atoms with Gasteiger partial charge in [-0.1, -0.05) is 289 Å². The molecule has 101 heavy (non-hydrogen) atoms. The topological polar surface area (TPSA) is 11.4 Å². The zero-order valence-corrected chi connectivity index (χ0v) is 56.9. The van der Waals surface area contributed by atoms with Crippen molar-refractivity contribution in [2.75, 3.05) is 9.80 Å². The molecule has 1 heterocycles. The predicted molar refractivity (Wildman–Crippen MR) is 420 cm³/mol. The third-order valence-corrected chi connectivity index (χ3v) is 23.3. The number of hydrogen-bond donors (Lipinski definition) is 0. The number of hydrogen-bond acceptors (Lipinski definition) is 2. The minimum atomic E-state index is -0.598. The molecule has 0 fully saturated rings. The van der Waals surface area contributed by atoms with Crippen molar-refractivity contribution >= 4 is 55.9 Å². The Balaban J connectivity index is 0.839. The number of para-hydroxylation sites is 1. The van der Waals surface area contributed by atoms with Gasteiger partial charge in [-0.25, -0.2) is 0 Å². The molecular formula is C98H71N3. The molecule has 3 heteroatoms. The summed E-state index contributed by atoms with van der Waals surface area (Å²) in [6.07, 6.45) is 0. The first-order chi connectivity index (χ1) is 49.6. The maximum Gasteiger partial charge on any atom is 0.0714 e. The van der Waals surface area contributed by atoms with Crippen molar-refractivity contribution < 1.29 is 0 Å². The van der Waals surface area contributed by atoms with Crippen LogP contribution in [0.2, 0.25) is 0 Å². The monoisotopic (exact) mass is 1290 g/mol. The lowest BCUT2D eigenvalue weighted by molar-refractivity contribution is 0.660. The molecule has 0 radical (unpaired) electrons. The van der Waals surface area contributed by atoms with Crippen LogP contribution < -0.4 is 9.80 Å². The number of aromatic nitrogens is 1. The van der Waals surface area contributed by atoms with Gasteiger partial charge in [-0.2, -0.15) is 0 Å². The Morgan fingerprint density at radius 1 is 0.208 bits per heavy atom. The summed E-state index contributed by atoms with van der Waals surface area (Å²) in [5, 5.41) is 2.31. The van der Waals surface area contributed by atoms with E-state index in [9.17, 15) is 0 Å². The van der Waals surface area contributed by atoms with Crippen molar-refractivity contribution in [2.45, 2.75) is 49.4 Å². The molecule has 4 aliphatic carbocycles. The number of fused-ring (bicyclic) bond motifs is 15. The highest BCUT2D eigenvalue weighted by atomic mass is 15.2. The van der Waals surface area contributed by atoms with Crippen LogP contribution in [0.3, 0.4) is 0 Å². The summed E-state index contributed by atoms with van der Waals surface area (Å²) in [7, 11) is 0. The van der Waals surface area contributed by atoms with E-state index >= 15 is 0 Å². The van der Waals surface area contributed by atoms with Gasteiger partial charge in [0.05, 0.1) is 21.9 Å². The largest absolute Gasteiger partial charge is 0.310 e. The van der Waals surface area contributed by atoms with E-state index in [2.05, 4.69) is 400 Å². The summed E-state index contributed by atoms with van der Waals surface area (Å²) >= 11 is 0. The molecule has 478 valence electrons. The molecule has 1 aromatic heterocycles. The Hall–Kier alpha value is -12.3. The Labute approximate surface area is 590 Å². The fourth-order valence-electron chi connectivity index (χ4n) is 18.8. The zero-order chi connectivity index (χ0) is 67.3. The van der Waals surface area contributed by atoms with Gasteiger partial charge < -0.3 is 14.4 Å². The number of benzene rings is 15. The van der Waals surface area contributed by atoms with E-state index < -0.39 is 10.8 Å². The first-order valence-electron chi connectivity index (χ1n) is 35.6. The molecule has 0 aliphatic heterocycles. The van der Waals surface area contributed by atoms with Crippen LogP contribution in [0.15, 0.2) is 358 Å². The Morgan fingerprint density at radius 2 is 0.455 bits per heavy atom. The molecule has 0 bridgehead atoms. The van der Waals surface area contributed by atoms with E-state index in [-0.39, 0.29) is 10.8 Å². The Kier molecular flexibility index (Phi) is 12.9. The molecule has 0 unspecified atom stereocenters. The third-order valence-electron chi connectivity index (χ3n) is 23.3. The summed E-state index contributed by atoms with van der Waals surface area (Å²) in [4.78, 5) is 5.09. The maximum absolute atomic E-state index is 2.54. The van der Waals surface area contributed by atoms with Crippen LogP contribution in [-0.4, -0.2) is 4.57 Å². The summed E-state index contributed by atoms with van der Waals surface area (Å²) in [6.45, 7) is 9.58. The van der Waals surface area contributed by atoms with E-state index in [1.807, 2.05) is 0 Å². The highest BCUT2D eigenvalue weighted by molar-refractivity contribution is 6.12. The van der Waals surface area contributed by atoms with Crippen molar-refractivity contribution in [3.63, 3.8) is 0 Å². The van der Waals surface area contributed by atoms with Crippen molar-refractivity contribution in [1.82, 2.24) is 4.57 Å². The average Bonchev–Trinajstić information content (AvgIpc) is 1.55. The fourth-order valence-corrected chi connectivity index (χ4v) is 18.8. The highest BCUT2D eigenvalue weighted by Crippen LogP contribution is 2.61. The molecule has 16 aromatic rings. The Bertz CT molecular complexity index is 5590. The normalized spacial score (nSPS) is 14.7. The second-order valence-corrected chi connectivity index (χ2v) is 29.1. The molecule has 3 nitrogen and oxygen atoms in total. The van der Waals surface area contributed by atoms with Crippen LogP contribution >= 0.6 is 0 Å². The first kappa shape index (κ1) is 58.8. The lowest BCUT2D eigenvalue weighted by Crippen LogP contribution is -2.28. The van der Waals surface area contributed by atoms with Crippen molar-refractivity contribution in [1.29, 1.82) is 0 Å². The van der Waals surface area contributed by atoms with Crippen LogP contribution in [-0.2, 0) is 21.7 Å². The molecule has 4 aliphatic rings. The number of rotatable bonds is 11. The summed E-state index contributed by atoms with van der Waals surface area (Å²) < 4.78 is 2.47. The first-order valence-corrected chi connectivity index (χ1v) is 35.6. The van der Waals surface area contributed by atoms with Gasteiger partial charge in [0.1, 0.15) is 0 Å². The van der Waals surface area contributed by atoms with Crippen LogP contribution in [0.1, 0.15) is 94.5 Å². The molecule has 0 N–H and O–H groups in total. The second kappa shape index (κ2) is 22.1.